The molecule has 0 fully saturated rings. The van der Waals surface area contributed by atoms with Crippen LogP contribution < -0.4 is 16.0 Å². The predicted molar refractivity (Wildman–Crippen MR) is 75.6 cm³/mol. The molecule has 1 atom stereocenters. The zero-order valence-electron chi connectivity index (χ0n) is 12.7. The summed E-state index contributed by atoms with van der Waals surface area (Å²) in [6, 6.07) is 0.966. The van der Waals surface area contributed by atoms with Gasteiger partial charge in [-0.25, -0.2) is 0 Å². The summed E-state index contributed by atoms with van der Waals surface area (Å²) in [6.45, 7) is 2.12. The summed E-state index contributed by atoms with van der Waals surface area (Å²) >= 11 is 0. The van der Waals surface area contributed by atoms with Crippen LogP contribution in [-0.4, -0.2) is 63.0 Å². The molecule has 6 nitrogen and oxygen atoms in total. The van der Waals surface area contributed by atoms with Crippen LogP contribution in [0.4, 0.5) is 0 Å². The maximum Gasteiger partial charge on any atom is 0.501 e. The summed E-state index contributed by atoms with van der Waals surface area (Å²) in [7, 11) is 8.20. The van der Waals surface area contributed by atoms with Gasteiger partial charge in [-0.15, -0.1) is 0 Å². The molecule has 0 spiro atoms. The Hall–Kier alpha value is -0.0231. The van der Waals surface area contributed by atoms with Gasteiger partial charge < -0.3 is 29.2 Å². The van der Waals surface area contributed by atoms with Crippen LogP contribution in [0.3, 0.4) is 0 Å². The first-order valence-corrected chi connectivity index (χ1v) is 8.08. The van der Waals surface area contributed by atoms with Gasteiger partial charge in [0.05, 0.1) is 5.66 Å². The Balaban J connectivity index is 4.69. The van der Waals surface area contributed by atoms with Gasteiger partial charge in [0.25, 0.3) is 0 Å². The fraction of sp³-hybridized carbons (Fsp3) is 1.00. The zero-order valence-corrected chi connectivity index (χ0v) is 13.7. The van der Waals surface area contributed by atoms with Crippen molar-refractivity contribution in [2.24, 2.45) is 0 Å². The number of hydrogen-bond acceptors (Lipinski definition) is 6. The third kappa shape index (κ3) is 4.92. The molecule has 0 bridgehead atoms. The third-order valence-corrected chi connectivity index (χ3v) is 6.45. The van der Waals surface area contributed by atoms with Crippen molar-refractivity contribution in [3.63, 3.8) is 0 Å². The van der Waals surface area contributed by atoms with E-state index in [1.807, 2.05) is 21.1 Å². The topological polar surface area (TPSA) is 63.8 Å². The minimum absolute atomic E-state index is 0.136. The van der Waals surface area contributed by atoms with Crippen molar-refractivity contribution >= 4 is 8.80 Å². The molecule has 1 unspecified atom stereocenters. The lowest BCUT2D eigenvalue weighted by atomic mass is 10.0. The number of nitrogens with one attached hydrogen (secondary N) is 3. The normalized spacial score (nSPS) is 14.8. The average molecular weight is 279 g/mol. The monoisotopic (exact) mass is 279 g/mol. The minimum atomic E-state index is -2.54. The van der Waals surface area contributed by atoms with Crippen LogP contribution in [-0.2, 0) is 13.3 Å². The highest BCUT2D eigenvalue weighted by atomic mass is 28.4. The van der Waals surface area contributed by atoms with Crippen molar-refractivity contribution in [2.75, 3.05) is 42.5 Å². The van der Waals surface area contributed by atoms with E-state index in [0.717, 1.165) is 12.5 Å². The van der Waals surface area contributed by atoms with Gasteiger partial charge >= 0.3 is 8.80 Å². The Kier molecular flexibility index (Phi) is 8.20. The number of hydrogen-bond donors (Lipinski definition) is 3. The maximum atomic E-state index is 5.46. The van der Waals surface area contributed by atoms with Gasteiger partial charge in [-0.05, 0) is 34.5 Å². The van der Waals surface area contributed by atoms with Crippen LogP contribution in [0.5, 0.6) is 0 Å². The van der Waals surface area contributed by atoms with Crippen LogP contribution in [0, 0.1) is 0 Å². The molecule has 0 aromatic heterocycles. The molecule has 3 N–H and O–H groups in total. The van der Waals surface area contributed by atoms with Crippen molar-refractivity contribution in [2.45, 2.75) is 31.1 Å². The summed E-state index contributed by atoms with van der Waals surface area (Å²) < 4.78 is 16.4. The second-order valence-corrected chi connectivity index (χ2v) is 7.52. The molecule has 0 radical (unpaired) electrons. The van der Waals surface area contributed by atoms with Gasteiger partial charge in [0.2, 0.25) is 0 Å². The first-order chi connectivity index (χ1) is 8.44. The fourth-order valence-electron chi connectivity index (χ4n) is 1.90. The smallest absolute Gasteiger partial charge is 0.377 e. The van der Waals surface area contributed by atoms with Crippen molar-refractivity contribution < 1.29 is 13.3 Å². The molecule has 18 heavy (non-hydrogen) atoms. The summed E-state index contributed by atoms with van der Waals surface area (Å²) in [6.07, 6.45) is 0.890. The largest absolute Gasteiger partial charge is 0.501 e. The van der Waals surface area contributed by atoms with E-state index < -0.39 is 8.80 Å². The number of rotatable bonds is 10. The molecule has 0 aliphatic carbocycles. The van der Waals surface area contributed by atoms with Crippen LogP contribution in [0.25, 0.3) is 0 Å². The lowest BCUT2D eigenvalue weighted by molar-refractivity contribution is 0.117. The molecule has 0 amide bonds. The van der Waals surface area contributed by atoms with Crippen LogP contribution in [0.15, 0.2) is 0 Å². The first kappa shape index (κ1) is 18.0. The van der Waals surface area contributed by atoms with Gasteiger partial charge in [-0.3, -0.25) is 0 Å². The predicted octanol–water partition coefficient (Wildman–Crippen LogP) is -0.00240. The van der Waals surface area contributed by atoms with Gasteiger partial charge in [-0.1, -0.05) is 0 Å². The van der Waals surface area contributed by atoms with E-state index in [9.17, 15) is 0 Å². The first-order valence-electron chi connectivity index (χ1n) is 6.15. The van der Waals surface area contributed by atoms with E-state index in [0.29, 0.717) is 0 Å². The molecule has 0 aromatic rings. The highest BCUT2D eigenvalue weighted by molar-refractivity contribution is 6.60. The van der Waals surface area contributed by atoms with Gasteiger partial charge in [0.1, 0.15) is 0 Å². The Morgan fingerprint density at radius 2 is 1.44 bits per heavy atom. The van der Waals surface area contributed by atoms with Crippen molar-refractivity contribution in [3.8, 4) is 0 Å². The fourth-order valence-corrected chi connectivity index (χ4v) is 3.85. The van der Waals surface area contributed by atoms with E-state index in [1.54, 1.807) is 21.3 Å². The Morgan fingerprint density at radius 3 is 1.72 bits per heavy atom. The van der Waals surface area contributed by atoms with E-state index in [4.69, 9.17) is 13.3 Å². The molecule has 7 heteroatoms. The highest BCUT2D eigenvalue weighted by Crippen LogP contribution is 2.20. The Labute approximate surface area is 112 Å². The van der Waals surface area contributed by atoms with Crippen molar-refractivity contribution in [3.05, 3.63) is 0 Å². The van der Waals surface area contributed by atoms with Crippen molar-refractivity contribution in [1.82, 2.24) is 16.0 Å². The van der Waals surface area contributed by atoms with E-state index in [2.05, 4.69) is 22.9 Å². The molecule has 0 rings (SSSR count). The highest BCUT2D eigenvalue weighted by Gasteiger charge is 2.41. The van der Waals surface area contributed by atoms with Gasteiger partial charge in [0.15, 0.2) is 0 Å². The minimum Gasteiger partial charge on any atom is -0.377 e. The van der Waals surface area contributed by atoms with Crippen LogP contribution in [0.2, 0.25) is 6.04 Å². The molecule has 0 aliphatic heterocycles. The molecule has 0 saturated heterocycles. The second-order valence-electron chi connectivity index (χ2n) is 4.52. The van der Waals surface area contributed by atoms with Gasteiger partial charge in [-0.2, -0.15) is 0 Å². The Morgan fingerprint density at radius 1 is 1.00 bits per heavy atom. The quantitative estimate of drug-likeness (QED) is 0.386. The van der Waals surface area contributed by atoms with Gasteiger partial charge in [0, 0.05) is 33.4 Å². The average Bonchev–Trinajstić information content (AvgIpc) is 2.43. The van der Waals surface area contributed by atoms with Crippen LogP contribution in [0.1, 0.15) is 13.3 Å². The summed E-state index contributed by atoms with van der Waals surface area (Å²) in [5.41, 5.74) is -0.136. The molecule has 0 aliphatic rings. The van der Waals surface area contributed by atoms with Crippen molar-refractivity contribution in [1.29, 1.82) is 0 Å². The SMILES string of the molecule is CNC(CC(C)(NC)NC)C[Si](OC)(OC)OC. The lowest BCUT2D eigenvalue weighted by Crippen LogP contribution is -2.57. The zero-order chi connectivity index (χ0) is 14.2. The summed E-state index contributed by atoms with van der Waals surface area (Å²) in [5, 5.41) is 9.85. The molecule has 0 saturated carbocycles. The summed E-state index contributed by atoms with van der Waals surface area (Å²) in [5.74, 6) is 0. The van der Waals surface area contributed by atoms with Crippen LogP contribution >= 0.6 is 0 Å². The van der Waals surface area contributed by atoms with E-state index in [1.165, 1.54) is 0 Å². The third-order valence-electron chi connectivity index (χ3n) is 3.60. The van der Waals surface area contributed by atoms with E-state index in [-0.39, 0.29) is 11.7 Å². The second kappa shape index (κ2) is 8.21. The Bertz CT molecular complexity index is 215. The lowest BCUT2D eigenvalue weighted by Gasteiger charge is -2.35. The van der Waals surface area contributed by atoms with E-state index >= 15 is 0 Å². The maximum absolute atomic E-state index is 5.46. The molecule has 0 aromatic carbocycles. The molecule has 110 valence electrons. The standard InChI is InChI=1S/C11H29N3O3Si/c1-11(13-3,14-4)8-10(12-2)9-18(15-5,16-6)17-7/h10,12-14H,8-9H2,1-7H3. The molecular weight excluding hydrogens is 250 g/mol. The molecular formula is C11H29N3O3Si. The molecule has 0 heterocycles. The summed E-state index contributed by atoms with van der Waals surface area (Å²) in [4.78, 5) is 0.